The SMILES string of the molecule is C=CCNS(=O)(=O)Cc1ccc(NC(=O)/C=C/c2ccc(C)c(Cl)c2)cc1. The smallest absolute Gasteiger partial charge is 0.248 e. The Morgan fingerprint density at radius 1 is 1.19 bits per heavy atom. The highest BCUT2D eigenvalue weighted by atomic mass is 35.5. The Morgan fingerprint density at radius 3 is 2.52 bits per heavy atom. The van der Waals surface area contributed by atoms with E-state index in [-0.39, 0.29) is 18.2 Å². The van der Waals surface area contributed by atoms with Crippen molar-refractivity contribution in [3.63, 3.8) is 0 Å². The number of nitrogens with one attached hydrogen (secondary N) is 2. The molecule has 0 saturated carbocycles. The largest absolute Gasteiger partial charge is 0.323 e. The fourth-order valence-corrected chi connectivity index (χ4v) is 3.50. The second kappa shape index (κ2) is 9.50. The summed E-state index contributed by atoms with van der Waals surface area (Å²) in [5.74, 6) is -0.428. The Morgan fingerprint density at radius 2 is 1.89 bits per heavy atom. The van der Waals surface area contributed by atoms with Gasteiger partial charge in [0.1, 0.15) is 0 Å². The van der Waals surface area contributed by atoms with Crippen molar-refractivity contribution in [2.75, 3.05) is 11.9 Å². The molecule has 0 unspecified atom stereocenters. The Balaban J connectivity index is 1.95. The average molecular weight is 405 g/mol. The zero-order valence-corrected chi connectivity index (χ0v) is 16.5. The number of carbonyl (C=O) groups excluding carboxylic acids is 1. The molecule has 27 heavy (non-hydrogen) atoms. The molecule has 2 rings (SSSR count). The minimum atomic E-state index is -3.41. The minimum absolute atomic E-state index is 0.136. The molecule has 0 heterocycles. The topological polar surface area (TPSA) is 75.3 Å². The molecular weight excluding hydrogens is 384 g/mol. The monoisotopic (exact) mass is 404 g/mol. The summed E-state index contributed by atoms with van der Waals surface area (Å²) in [5.41, 5.74) is 2.99. The molecule has 0 fully saturated rings. The lowest BCUT2D eigenvalue weighted by Crippen LogP contribution is -2.25. The quantitative estimate of drug-likeness (QED) is 0.517. The normalized spacial score (nSPS) is 11.5. The fraction of sp³-hybridized carbons (Fsp3) is 0.150. The summed E-state index contributed by atoms with van der Waals surface area (Å²) in [5, 5.41) is 3.37. The number of aryl methyl sites for hydroxylation is 1. The van der Waals surface area contributed by atoms with Crippen LogP contribution in [0.2, 0.25) is 5.02 Å². The van der Waals surface area contributed by atoms with E-state index in [0.717, 1.165) is 11.1 Å². The molecular formula is C20H21ClN2O3S. The van der Waals surface area contributed by atoms with Crippen LogP contribution in [-0.4, -0.2) is 20.9 Å². The van der Waals surface area contributed by atoms with Crippen LogP contribution in [0.3, 0.4) is 0 Å². The first-order chi connectivity index (χ1) is 12.8. The lowest BCUT2D eigenvalue weighted by molar-refractivity contribution is -0.111. The number of rotatable bonds is 8. The van der Waals surface area contributed by atoms with E-state index in [9.17, 15) is 13.2 Å². The first-order valence-electron chi connectivity index (χ1n) is 8.21. The van der Waals surface area contributed by atoms with Gasteiger partial charge in [0, 0.05) is 23.3 Å². The molecule has 5 nitrogen and oxygen atoms in total. The molecule has 7 heteroatoms. The maximum Gasteiger partial charge on any atom is 0.248 e. The van der Waals surface area contributed by atoms with Crippen LogP contribution in [0.25, 0.3) is 6.08 Å². The zero-order valence-electron chi connectivity index (χ0n) is 14.9. The molecule has 142 valence electrons. The Hall–Kier alpha value is -2.41. The van der Waals surface area contributed by atoms with Gasteiger partial charge in [-0.25, -0.2) is 13.1 Å². The van der Waals surface area contributed by atoms with E-state index in [4.69, 9.17) is 11.6 Å². The van der Waals surface area contributed by atoms with Crippen LogP contribution in [0.5, 0.6) is 0 Å². The molecule has 1 amide bonds. The van der Waals surface area contributed by atoms with Gasteiger partial charge in [0.2, 0.25) is 15.9 Å². The third-order valence-electron chi connectivity index (χ3n) is 3.65. The minimum Gasteiger partial charge on any atom is -0.323 e. The Kier molecular flexibility index (Phi) is 7.36. The lowest BCUT2D eigenvalue weighted by Gasteiger charge is -2.06. The van der Waals surface area contributed by atoms with Gasteiger partial charge in [-0.15, -0.1) is 6.58 Å². The van der Waals surface area contributed by atoms with Gasteiger partial charge < -0.3 is 5.32 Å². The summed E-state index contributed by atoms with van der Waals surface area (Å²) in [6.07, 6.45) is 4.57. The first kappa shape index (κ1) is 20.9. The van der Waals surface area contributed by atoms with Crippen molar-refractivity contribution in [2.45, 2.75) is 12.7 Å². The highest BCUT2D eigenvalue weighted by Crippen LogP contribution is 2.17. The van der Waals surface area contributed by atoms with Gasteiger partial charge in [-0.05, 0) is 47.9 Å². The van der Waals surface area contributed by atoms with Gasteiger partial charge in [-0.3, -0.25) is 4.79 Å². The lowest BCUT2D eigenvalue weighted by atomic mass is 10.1. The van der Waals surface area contributed by atoms with Gasteiger partial charge in [0.15, 0.2) is 0 Å². The predicted molar refractivity (Wildman–Crippen MR) is 111 cm³/mol. The molecule has 0 aromatic heterocycles. The number of sulfonamides is 1. The van der Waals surface area contributed by atoms with E-state index in [1.54, 1.807) is 36.4 Å². The van der Waals surface area contributed by atoms with Crippen molar-refractivity contribution < 1.29 is 13.2 Å². The summed E-state index contributed by atoms with van der Waals surface area (Å²) in [7, 11) is -3.41. The van der Waals surface area contributed by atoms with E-state index >= 15 is 0 Å². The molecule has 0 aliphatic heterocycles. The van der Waals surface area contributed by atoms with Crippen molar-refractivity contribution in [3.8, 4) is 0 Å². The summed E-state index contributed by atoms with van der Waals surface area (Å²) >= 11 is 6.06. The zero-order chi connectivity index (χ0) is 19.9. The van der Waals surface area contributed by atoms with E-state index in [1.165, 1.54) is 12.2 Å². The molecule has 2 aromatic carbocycles. The summed E-state index contributed by atoms with van der Waals surface area (Å²) < 4.78 is 26.1. The van der Waals surface area contributed by atoms with Crippen LogP contribution in [0, 0.1) is 6.92 Å². The first-order valence-corrected chi connectivity index (χ1v) is 10.2. The van der Waals surface area contributed by atoms with Gasteiger partial charge in [0.25, 0.3) is 0 Å². The van der Waals surface area contributed by atoms with E-state index < -0.39 is 10.0 Å². The number of benzene rings is 2. The van der Waals surface area contributed by atoms with Gasteiger partial charge in [-0.1, -0.05) is 41.9 Å². The van der Waals surface area contributed by atoms with Gasteiger partial charge in [0.05, 0.1) is 5.75 Å². The summed E-state index contributed by atoms with van der Waals surface area (Å²) in [6.45, 7) is 5.57. The van der Waals surface area contributed by atoms with Crippen LogP contribution in [-0.2, 0) is 20.6 Å². The second-order valence-corrected chi connectivity index (χ2v) is 8.14. The highest BCUT2D eigenvalue weighted by Gasteiger charge is 2.10. The summed E-state index contributed by atoms with van der Waals surface area (Å²) in [6, 6.07) is 12.2. The number of hydrogen-bond donors (Lipinski definition) is 2. The van der Waals surface area contributed by atoms with Crippen molar-refractivity contribution in [1.82, 2.24) is 4.72 Å². The third kappa shape index (κ3) is 7.02. The number of carbonyl (C=O) groups is 1. The van der Waals surface area contributed by atoms with E-state index in [0.29, 0.717) is 16.3 Å². The number of halogens is 1. The van der Waals surface area contributed by atoms with E-state index in [2.05, 4.69) is 16.6 Å². The maximum absolute atomic E-state index is 12.0. The molecule has 0 bridgehead atoms. The third-order valence-corrected chi connectivity index (χ3v) is 5.38. The van der Waals surface area contributed by atoms with Crippen LogP contribution >= 0.6 is 11.6 Å². The Bertz CT molecular complexity index is 952. The molecule has 0 atom stereocenters. The molecule has 0 saturated heterocycles. The molecule has 0 aliphatic rings. The summed E-state index contributed by atoms with van der Waals surface area (Å²) in [4.78, 5) is 12.0. The average Bonchev–Trinajstić information content (AvgIpc) is 2.62. The fourth-order valence-electron chi connectivity index (χ4n) is 2.21. The van der Waals surface area contributed by atoms with Crippen LogP contribution in [0.1, 0.15) is 16.7 Å². The standard InChI is InChI=1S/C20H21ClN2O3S/c1-3-12-22-27(25,26)14-17-6-9-18(10-7-17)23-20(24)11-8-16-5-4-15(2)19(21)13-16/h3-11,13,22H,1,12,14H2,2H3,(H,23,24)/b11-8+. The van der Waals surface area contributed by atoms with Crippen molar-refractivity contribution >= 4 is 39.3 Å². The Labute approximate surface area is 164 Å². The van der Waals surface area contributed by atoms with Gasteiger partial charge >= 0.3 is 0 Å². The molecule has 0 radical (unpaired) electrons. The highest BCUT2D eigenvalue weighted by molar-refractivity contribution is 7.88. The van der Waals surface area contributed by atoms with Crippen LogP contribution in [0.4, 0.5) is 5.69 Å². The maximum atomic E-state index is 12.0. The predicted octanol–water partition coefficient (Wildman–Crippen LogP) is 3.91. The van der Waals surface area contributed by atoms with Crippen LogP contribution in [0.15, 0.2) is 61.2 Å². The van der Waals surface area contributed by atoms with Gasteiger partial charge in [-0.2, -0.15) is 0 Å². The van der Waals surface area contributed by atoms with Crippen molar-refractivity contribution in [2.24, 2.45) is 0 Å². The number of amides is 1. The van der Waals surface area contributed by atoms with Crippen molar-refractivity contribution in [3.05, 3.63) is 82.9 Å². The number of anilines is 1. The second-order valence-electron chi connectivity index (χ2n) is 5.92. The molecule has 2 aromatic rings. The van der Waals surface area contributed by atoms with Crippen LogP contribution < -0.4 is 10.0 Å². The number of hydrogen-bond acceptors (Lipinski definition) is 3. The van der Waals surface area contributed by atoms with Crippen molar-refractivity contribution in [1.29, 1.82) is 0 Å². The van der Waals surface area contributed by atoms with E-state index in [1.807, 2.05) is 19.1 Å². The molecule has 2 N–H and O–H groups in total. The molecule has 0 aliphatic carbocycles. The molecule has 0 spiro atoms.